The first kappa shape index (κ1) is 13.7. The fourth-order valence-electron chi connectivity index (χ4n) is 2.55. The summed E-state index contributed by atoms with van der Waals surface area (Å²) >= 11 is 0. The van der Waals surface area contributed by atoms with Gasteiger partial charge in [0.1, 0.15) is 5.82 Å². The standard InChI is InChI=1S/C13H17N5O3/c1-9-16-17-11-10(14-4-5-18(9)11)15-8-13(12(19)20)2-6-21-7-3-13/h4-5H,2-3,6-8H2,1H3,(H,14,15)(H,19,20). The summed E-state index contributed by atoms with van der Waals surface area (Å²) in [6.45, 7) is 3.08. The Morgan fingerprint density at radius 1 is 1.48 bits per heavy atom. The van der Waals surface area contributed by atoms with Gasteiger partial charge in [-0.25, -0.2) is 4.98 Å². The van der Waals surface area contributed by atoms with E-state index in [1.165, 1.54) is 0 Å². The van der Waals surface area contributed by atoms with Crippen molar-refractivity contribution >= 4 is 17.4 Å². The number of carbonyl (C=O) groups is 1. The molecule has 1 aliphatic heterocycles. The van der Waals surface area contributed by atoms with Crippen molar-refractivity contribution in [3.63, 3.8) is 0 Å². The summed E-state index contributed by atoms with van der Waals surface area (Å²) in [4.78, 5) is 15.9. The third-order valence-corrected chi connectivity index (χ3v) is 4.00. The maximum Gasteiger partial charge on any atom is 0.311 e. The normalized spacial score (nSPS) is 17.8. The molecule has 3 rings (SSSR count). The lowest BCUT2D eigenvalue weighted by Crippen LogP contribution is -2.42. The van der Waals surface area contributed by atoms with Crippen LogP contribution < -0.4 is 5.32 Å². The summed E-state index contributed by atoms with van der Waals surface area (Å²) < 4.78 is 7.08. The molecule has 0 bridgehead atoms. The Labute approximate surface area is 121 Å². The van der Waals surface area contributed by atoms with Gasteiger partial charge in [0.25, 0.3) is 0 Å². The molecule has 0 spiro atoms. The van der Waals surface area contributed by atoms with Gasteiger partial charge in [0.2, 0.25) is 5.65 Å². The molecule has 2 aromatic rings. The molecule has 21 heavy (non-hydrogen) atoms. The first-order valence-electron chi connectivity index (χ1n) is 6.84. The van der Waals surface area contributed by atoms with E-state index in [1.54, 1.807) is 12.4 Å². The minimum atomic E-state index is -0.818. The van der Waals surface area contributed by atoms with Gasteiger partial charge in [-0.15, -0.1) is 10.2 Å². The number of carboxylic acids is 1. The smallest absolute Gasteiger partial charge is 0.311 e. The number of hydrogen-bond donors (Lipinski definition) is 2. The van der Waals surface area contributed by atoms with E-state index in [0.717, 1.165) is 5.82 Å². The van der Waals surface area contributed by atoms with E-state index in [9.17, 15) is 9.90 Å². The van der Waals surface area contributed by atoms with Crippen molar-refractivity contribution in [1.29, 1.82) is 0 Å². The molecule has 0 radical (unpaired) electrons. The number of rotatable bonds is 4. The number of aryl methyl sites for hydroxylation is 1. The molecule has 0 amide bonds. The molecule has 1 fully saturated rings. The van der Waals surface area contributed by atoms with E-state index < -0.39 is 11.4 Å². The molecule has 0 aromatic carbocycles. The Balaban J connectivity index is 1.83. The van der Waals surface area contributed by atoms with Crippen LogP contribution in [0.15, 0.2) is 12.4 Å². The summed E-state index contributed by atoms with van der Waals surface area (Å²) in [5.74, 6) is 0.502. The topological polar surface area (TPSA) is 102 Å². The highest BCUT2D eigenvalue weighted by atomic mass is 16.5. The predicted molar refractivity (Wildman–Crippen MR) is 74.1 cm³/mol. The van der Waals surface area contributed by atoms with Gasteiger partial charge in [-0.05, 0) is 19.8 Å². The van der Waals surface area contributed by atoms with Crippen LogP contribution >= 0.6 is 0 Å². The zero-order valence-corrected chi connectivity index (χ0v) is 11.7. The van der Waals surface area contributed by atoms with Crippen LogP contribution in [0.2, 0.25) is 0 Å². The van der Waals surface area contributed by atoms with Crippen molar-refractivity contribution in [1.82, 2.24) is 19.6 Å². The fourth-order valence-corrected chi connectivity index (χ4v) is 2.55. The van der Waals surface area contributed by atoms with Crippen LogP contribution in [0, 0.1) is 12.3 Å². The Morgan fingerprint density at radius 3 is 2.95 bits per heavy atom. The Morgan fingerprint density at radius 2 is 2.24 bits per heavy atom. The number of anilines is 1. The van der Waals surface area contributed by atoms with Crippen LogP contribution in [0.4, 0.5) is 5.82 Å². The summed E-state index contributed by atoms with van der Waals surface area (Å²) in [5.41, 5.74) is -0.218. The van der Waals surface area contributed by atoms with E-state index in [-0.39, 0.29) is 0 Å². The molecular formula is C13H17N5O3. The highest BCUT2D eigenvalue weighted by molar-refractivity contribution is 5.76. The summed E-state index contributed by atoms with van der Waals surface area (Å²) in [7, 11) is 0. The van der Waals surface area contributed by atoms with Gasteiger partial charge in [0, 0.05) is 32.2 Å². The highest BCUT2D eigenvalue weighted by Gasteiger charge is 2.40. The second-order valence-corrected chi connectivity index (χ2v) is 5.27. The van der Waals surface area contributed by atoms with E-state index in [2.05, 4.69) is 20.5 Å². The van der Waals surface area contributed by atoms with E-state index in [1.807, 2.05) is 11.3 Å². The van der Waals surface area contributed by atoms with Crippen LogP contribution in [0.25, 0.3) is 5.65 Å². The van der Waals surface area contributed by atoms with E-state index in [4.69, 9.17) is 4.74 Å². The Hall–Kier alpha value is -2.22. The van der Waals surface area contributed by atoms with Crippen LogP contribution in [0.3, 0.4) is 0 Å². The third-order valence-electron chi connectivity index (χ3n) is 4.00. The van der Waals surface area contributed by atoms with Crippen LogP contribution in [0.5, 0.6) is 0 Å². The first-order chi connectivity index (χ1) is 10.1. The summed E-state index contributed by atoms with van der Waals surface area (Å²) in [6, 6.07) is 0. The predicted octanol–water partition coefficient (Wildman–Crippen LogP) is 0.726. The number of fused-ring (bicyclic) bond motifs is 1. The molecule has 3 heterocycles. The van der Waals surface area contributed by atoms with Crippen LogP contribution in [-0.2, 0) is 9.53 Å². The number of nitrogens with zero attached hydrogens (tertiary/aromatic N) is 4. The maximum atomic E-state index is 11.6. The molecular weight excluding hydrogens is 274 g/mol. The average molecular weight is 291 g/mol. The Bertz CT molecular complexity index is 663. The lowest BCUT2D eigenvalue weighted by molar-refractivity contribution is -0.153. The van der Waals surface area contributed by atoms with Crippen molar-refractivity contribution in [2.45, 2.75) is 19.8 Å². The molecule has 112 valence electrons. The maximum absolute atomic E-state index is 11.6. The molecule has 0 saturated carbocycles. The molecule has 2 N–H and O–H groups in total. The Kier molecular flexibility index (Phi) is 3.46. The number of ether oxygens (including phenoxy) is 1. The number of hydrogen-bond acceptors (Lipinski definition) is 6. The van der Waals surface area contributed by atoms with Crippen molar-refractivity contribution in [2.75, 3.05) is 25.1 Å². The number of aliphatic carboxylic acids is 1. The van der Waals surface area contributed by atoms with Gasteiger partial charge < -0.3 is 15.2 Å². The SMILES string of the molecule is Cc1nnc2c(NCC3(C(=O)O)CCOCC3)nccn12. The van der Waals surface area contributed by atoms with Crippen LogP contribution in [0.1, 0.15) is 18.7 Å². The molecule has 8 heteroatoms. The van der Waals surface area contributed by atoms with Gasteiger partial charge in [-0.1, -0.05) is 0 Å². The highest BCUT2D eigenvalue weighted by Crippen LogP contribution is 2.31. The molecule has 1 aliphatic rings. The second-order valence-electron chi connectivity index (χ2n) is 5.27. The average Bonchev–Trinajstić information content (AvgIpc) is 2.88. The lowest BCUT2D eigenvalue weighted by atomic mass is 9.80. The quantitative estimate of drug-likeness (QED) is 0.856. The second kappa shape index (κ2) is 5.28. The van der Waals surface area contributed by atoms with Crippen molar-refractivity contribution in [3.8, 4) is 0 Å². The molecule has 2 aromatic heterocycles. The van der Waals surface area contributed by atoms with Crippen molar-refractivity contribution in [2.24, 2.45) is 5.41 Å². The fraction of sp³-hybridized carbons (Fsp3) is 0.538. The van der Waals surface area contributed by atoms with Crippen LogP contribution in [-0.4, -0.2) is 50.4 Å². The number of carboxylic acid groups (broad SMARTS) is 1. The molecule has 0 aliphatic carbocycles. The molecule has 0 unspecified atom stereocenters. The molecule has 1 saturated heterocycles. The first-order valence-corrected chi connectivity index (χ1v) is 6.84. The zero-order chi connectivity index (χ0) is 14.9. The van der Waals surface area contributed by atoms with E-state index in [0.29, 0.717) is 44.1 Å². The van der Waals surface area contributed by atoms with Gasteiger partial charge in [-0.3, -0.25) is 9.20 Å². The summed E-state index contributed by atoms with van der Waals surface area (Å²) in [5, 5.41) is 20.7. The summed E-state index contributed by atoms with van der Waals surface area (Å²) in [6.07, 6.45) is 4.40. The monoisotopic (exact) mass is 291 g/mol. The lowest BCUT2D eigenvalue weighted by Gasteiger charge is -2.33. The van der Waals surface area contributed by atoms with Gasteiger partial charge in [-0.2, -0.15) is 0 Å². The van der Waals surface area contributed by atoms with Gasteiger partial charge in [0.05, 0.1) is 5.41 Å². The zero-order valence-electron chi connectivity index (χ0n) is 11.7. The largest absolute Gasteiger partial charge is 0.481 e. The molecule has 0 atom stereocenters. The van der Waals surface area contributed by atoms with Gasteiger partial charge >= 0.3 is 5.97 Å². The third kappa shape index (κ3) is 2.42. The van der Waals surface area contributed by atoms with Crippen molar-refractivity contribution < 1.29 is 14.6 Å². The van der Waals surface area contributed by atoms with Crippen molar-refractivity contribution in [3.05, 3.63) is 18.2 Å². The van der Waals surface area contributed by atoms with Gasteiger partial charge in [0.15, 0.2) is 5.82 Å². The number of nitrogens with one attached hydrogen (secondary N) is 1. The minimum Gasteiger partial charge on any atom is -0.481 e. The minimum absolute atomic E-state index is 0.296. The van der Waals surface area contributed by atoms with E-state index >= 15 is 0 Å². The number of aromatic nitrogens is 4. The molecule has 8 nitrogen and oxygen atoms in total.